The van der Waals surface area contributed by atoms with Crippen LogP contribution in [0.3, 0.4) is 0 Å². The summed E-state index contributed by atoms with van der Waals surface area (Å²) in [6.07, 6.45) is 27.9. The Morgan fingerprint density at radius 1 is 0.286 bits per heavy atom. The quantitative estimate of drug-likeness (QED) is 0.249. The molecule has 0 radical (unpaired) electrons. The SMILES string of the molecule is CC(C(C)(C)C)C(C)(C)C.CC(C)(C)C(C)(C)C.CC(C)(C)C(C)(C)C(C)(C)C.CC(C)C(C)(C)C(C)(C)C.CC(C)C(C)(C)C(C)C.CC(C)[C@@H](C)C(C)(C)C.CC1CCC(C)CC1.CC1CCCC[C@H]1C.CC1CCC[C@@H](C)C1.CCC(C)(C)C(C)(C)C.CCC1CCCCC1. The van der Waals surface area contributed by atoms with Gasteiger partial charge in [-0.25, -0.2) is 0 Å². The zero-order valence-corrected chi connectivity index (χ0v) is 80.4. The third-order valence-corrected chi connectivity index (χ3v) is 29.6. The van der Waals surface area contributed by atoms with Gasteiger partial charge in [0.05, 0.1) is 0 Å². The molecule has 4 fully saturated rings. The molecule has 2 unspecified atom stereocenters. The Hall–Kier alpha value is 0. The first-order valence-corrected chi connectivity index (χ1v) is 43.0. The number of hydrogen-bond donors (Lipinski definition) is 0. The zero-order valence-electron chi connectivity index (χ0n) is 80.4. The third-order valence-electron chi connectivity index (χ3n) is 29.6. The summed E-state index contributed by atoms with van der Waals surface area (Å²) in [6, 6.07) is 0. The van der Waals surface area contributed by atoms with E-state index in [4.69, 9.17) is 0 Å². The maximum absolute atomic E-state index is 2.38. The first kappa shape index (κ1) is 111. The Labute approximate surface area is 632 Å². The molecule has 0 N–H and O–H groups in total. The van der Waals surface area contributed by atoms with Crippen LogP contribution in [-0.4, -0.2) is 0 Å². The van der Waals surface area contributed by atoms with Gasteiger partial charge < -0.3 is 0 Å². The fraction of sp³-hybridized carbons (Fsp3) is 1.00. The molecule has 0 aromatic heterocycles. The molecule has 0 aliphatic heterocycles. The Balaban J connectivity index is -0.000000186. The van der Waals surface area contributed by atoms with Crippen LogP contribution < -0.4 is 0 Å². The lowest BCUT2D eigenvalue weighted by molar-refractivity contribution is 0.00575. The van der Waals surface area contributed by atoms with Crippen molar-refractivity contribution in [3.05, 3.63) is 0 Å². The minimum Gasteiger partial charge on any atom is -0.0651 e. The van der Waals surface area contributed by atoms with E-state index < -0.39 is 0 Å². The molecular formula is C98H210. The third kappa shape index (κ3) is 52.1. The van der Waals surface area contributed by atoms with Crippen molar-refractivity contribution in [1.82, 2.24) is 0 Å². The molecule has 0 saturated heterocycles. The van der Waals surface area contributed by atoms with Crippen LogP contribution >= 0.6 is 0 Å². The van der Waals surface area contributed by atoms with Gasteiger partial charge in [-0.3, -0.25) is 0 Å². The Bertz CT molecular complexity index is 1720. The van der Waals surface area contributed by atoms with Crippen LogP contribution in [0.15, 0.2) is 0 Å². The first-order chi connectivity index (χ1) is 43.0. The van der Waals surface area contributed by atoms with Crippen LogP contribution in [0.5, 0.6) is 0 Å². The maximum atomic E-state index is 2.38. The van der Waals surface area contributed by atoms with Crippen molar-refractivity contribution in [1.29, 1.82) is 0 Å². The van der Waals surface area contributed by atoms with Crippen LogP contribution in [0.1, 0.15) is 489 Å². The van der Waals surface area contributed by atoms with Gasteiger partial charge in [0, 0.05) is 0 Å². The molecular weight excluding hydrogens is 1180 g/mol. The van der Waals surface area contributed by atoms with E-state index in [2.05, 4.69) is 367 Å². The first-order valence-electron chi connectivity index (χ1n) is 43.0. The summed E-state index contributed by atoms with van der Waals surface area (Å²) < 4.78 is 0. The van der Waals surface area contributed by atoms with Crippen molar-refractivity contribution < 1.29 is 0 Å². The Morgan fingerprint density at radius 2 is 0.582 bits per heavy atom. The minimum atomic E-state index is 0.375. The number of rotatable bonds is 6. The highest BCUT2D eigenvalue weighted by molar-refractivity contribution is 4.92. The largest absolute Gasteiger partial charge is 0.0651 e. The predicted molar refractivity (Wildman–Crippen MR) is 465 cm³/mol. The predicted octanol–water partition coefficient (Wildman–Crippen LogP) is 36.2. The van der Waals surface area contributed by atoms with Gasteiger partial charge in [0.2, 0.25) is 0 Å². The summed E-state index contributed by atoms with van der Waals surface area (Å²) in [4.78, 5) is 0. The van der Waals surface area contributed by atoms with E-state index in [0.29, 0.717) is 70.4 Å². The molecule has 602 valence electrons. The van der Waals surface area contributed by atoms with Crippen molar-refractivity contribution in [2.45, 2.75) is 489 Å². The Morgan fingerprint density at radius 3 is 0.673 bits per heavy atom. The van der Waals surface area contributed by atoms with Crippen molar-refractivity contribution >= 4 is 0 Å². The van der Waals surface area contributed by atoms with Crippen molar-refractivity contribution in [3.8, 4) is 0 Å². The van der Waals surface area contributed by atoms with E-state index in [1.54, 1.807) is 0 Å². The van der Waals surface area contributed by atoms with Crippen molar-refractivity contribution in [2.24, 2.45) is 147 Å². The Kier molecular flexibility index (Phi) is 54.9. The summed E-state index contributed by atoms with van der Waals surface area (Å²) in [5, 5.41) is 0. The van der Waals surface area contributed by atoms with Crippen molar-refractivity contribution in [2.75, 3.05) is 0 Å². The van der Waals surface area contributed by atoms with Gasteiger partial charge in [-0.2, -0.15) is 0 Å². The summed E-state index contributed by atoms with van der Waals surface area (Å²) in [5.74, 6) is 11.9. The van der Waals surface area contributed by atoms with Gasteiger partial charge >= 0.3 is 0 Å². The smallest absolute Gasteiger partial charge is 0.0257 e. The second-order valence-corrected chi connectivity index (χ2v) is 47.1. The highest BCUT2D eigenvalue weighted by Crippen LogP contribution is 2.51. The average Bonchev–Trinajstić information content (AvgIpc) is 0.794. The highest BCUT2D eigenvalue weighted by atomic mass is 14.5. The van der Waals surface area contributed by atoms with Gasteiger partial charge in [-0.05, 0) is 154 Å². The van der Waals surface area contributed by atoms with Crippen LogP contribution in [-0.2, 0) is 0 Å². The summed E-state index contributed by atoms with van der Waals surface area (Å²) in [6.45, 7) is 123. The lowest BCUT2D eigenvalue weighted by Crippen LogP contribution is -2.41. The molecule has 5 atom stereocenters. The second-order valence-electron chi connectivity index (χ2n) is 47.1. The summed E-state index contributed by atoms with van der Waals surface area (Å²) >= 11 is 0. The molecule has 4 aliphatic carbocycles. The standard InChI is InChI=1S/C11H24.2C10H22.3C9H20.4C8H16.C8H18/c1-9(2,3)11(7,8)10(4,5)6;1-8(9(2,3)4)10(5,6)7;1-8(2)10(6,7)9(3,4)5;1-7-9(5,6)8(2,3)4;1-7(2)8(3)9(4,5)6;1-7(2)9(5,6)8(3)4;1-7-3-5-8(2)6-4-7;1-7-4-3-5-8(2)6-7;1-7-5-3-4-6-8(7)2;1-2-8-6-4-3-5-7-8;1-7(2,3)8(4,5)6/h1-8H3;2*8H,1-7H3;7H2,1-6H3;2*7-8H,1-6H3;3*7-8H,3-6H2,1-2H3;8H,2-7H2,1H3;1-6H3/t;;;;8-;;;2*7-,8?;;/m....1..11../s1. The molecule has 0 amide bonds. The normalized spacial score (nSPS) is 21.5. The molecule has 0 nitrogen and oxygen atoms in total. The van der Waals surface area contributed by atoms with E-state index in [9.17, 15) is 0 Å². The summed E-state index contributed by atoms with van der Waals surface area (Å²) in [7, 11) is 0. The van der Waals surface area contributed by atoms with E-state index in [1.165, 1.54) is 122 Å². The summed E-state index contributed by atoms with van der Waals surface area (Å²) in [5.41, 5.74) is 5.66. The van der Waals surface area contributed by atoms with Crippen LogP contribution in [0.4, 0.5) is 0 Å². The molecule has 4 aliphatic rings. The van der Waals surface area contributed by atoms with Gasteiger partial charge in [0.15, 0.2) is 0 Å². The molecule has 0 heterocycles. The molecule has 0 aromatic carbocycles. The zero-order chi connectivity index (χ0) is 80.4. The molecule has 4 rings (SSSR count). The van der Waals surface area contributed by atoms with Gasteiger partial charge in [0.25, 0.3) is 0 Å². The van der Waals surface area contributed by atoms with Gasteiger partial charge in [0.1, 0.15) is 0 Å². The monoisotopic (exact) mass is 1390 g/mol. The van der Waals surface area contributed by atoms with Crippen molar-refractivity contribution in [3.63, 3.8) is 0 Å². The lowest BCUT2D eigenvalue weighted by Gasteiger charge is -2.49. The molecule has 0 heteroatoms. The molecule has 0 bridgehead atoms. The maximum Gasteiger partial charge on any atom is -0.0257 e. The van der Waals surface area contributed by atoms with Gasteiger partial charge in [-0.15, -0.1) is 0 Å². The van der Waals surface area contributed by atoms with Crippen LogP contribution in [0.25, 0.3) is 0 Å². The number of hydrogen-bond acceptors (Lipinski definition) is 0. The van der Waals surface area contributed by atoms with Crippen LogP contribution in [0.2, 0.25) is 0 Å². The average molecular weight is 1390 g/mol. The highest BCUT2D eigenvalue weighted by Gasteiger charge is 2.42. The fourth-order valence-electron chi connectivity index (χ4n) is 11.7. The topological polar surface area (TPSA) is 0 Å². The van der Waals surface area contributed by atoms with E-state index in [0.717, 1.165) is 76.9 Å². The van der Waals surface area contributed by atoms with Gasteiger partial charge in [-0.1, -0.05) is 483 Å². The second kappa shape index (κ2) is 48.3. The molecule has 98 heavy (non-hydrogen) atoms. The minimum absolute atomic E-state index is 0.375. The van der Waals surface area contributed by atoms with E-state index >= 15 is 0 Å². The molecule has 4 saturated carbocycles. The molecule has 0 spiro atoms. The van der Waals surface area contributed by atoms with E-state index in [-0.39, 0.29) is 0 Å². The van der Waals surface area contributed by atoms with Crippen LogP contribution in [0, 0.1) is 147 Å². The van der Waals surface area contributed by atoms with E-state index in [1.807, 2.05) is 0 Å². The molecule has 0 aromatic rings. The fourth-order valence-corrected chi connectivity index (χ4v) is 11.7. The lowest BCUT2D eigenvalue weighted by atomic mass is 9.56.